The molecule has 17 heavy (non-hydrogen) atoms. The molecule has 1 saturated carbocycles. The predicted octanol–water partition coefficient (Wildman–Crippen LogP) is 2.90. The van der Waals surface area contributed by atoms with Crippen LogP contribution in [-0.4, -0.2) is 15.7 Å². The molecule has 1 aliphatic carbocycles. The minimum absolute atomic E-state index is 0.110. The molecule has 0 spiro atoms. The van der Waals surface area contributed by atoms with E-state index in [2.05, 4.69) is 24.3 Å². The number of hydrogen-bond donors (Lipinski definition) is 1. The van der Waals surface area contributed by atoms with Gasteiger partial charge in [-0.3, -0.25) is 4.79 Å². The second-order valence-corrected chi connectivity index (χ2v) is 5.24. The molecule has 94 valence electrons. The van der Waals surface area contributed by atoms with Crippen LogP contribution in [0.3, 0.4) is 0 Å². The first-order valence-corrected chi connectivity index (χ1v) is 6.42. The average molecular weight is 235 g/mol. The lowest BCUT2D eigenvalue weighted by atomic mass is 10.2. The third kappa shape index (κ3) is 3.32. The van der Waals surface area contributed by atoms with Gasteiger partial charge in [0.15, 0.2) is 0 Å². The van der Waals surface area contributed by atoms with Gasteiger partial charge in [-0.2, -0.15) is 5.10 Å². The van der Waals surface area contributed by atoms with E-state index in [-0.39, 0.29) is 11.9 Å². The Morgan fingerprint density at radius 1 is 1.59 bits per heavy atom. The number of carbonyl (C=O) groups is 1. The van der Waals surface area contributed by atoms with Crippen molar-refractivity contribution in [1.82, 2.24) is 9.78 Å². The highest BCUT2D eigenvalue weighted by Crippen LogP contribution is 2.33. The first-order chi connectivity index (χ1) is 8.06. The molecule has 4 nitrogen and oxygen atoms in total. The lowest BCUT2D eigenvalue weighted by Crippen LogP contribution is -2.16. The Balaban J connectivity index is 1.93. The van der Waals surface area contributed by atoms with E-state index in [4.69, 9.17) is 0 Å². The van der Waals surface area contributed by atoms with Crippen LogP contribution in [0.15, 0.2) is 6.07 Å². The number of hydrogen-bond acceptors (Lipinski definition) is 2. The van der Waals surface area contributed by atoms with Crippen LogP contribution in [0.5, 0.6) is 0 Å². The molecule has 2 rings (SSSR count). The molecule has 1 aliphatic rings. The zero-order valence-electron chi connectivity index (χ0n) is 10.9. The smallest absolute Gasteiger partial charge is 0.225 e. The van der Waals surface area contributed by atoms with Crippen LogP contribution in [-0.2, 0) is 4.79 Å². The molecule has 1 heterocycles. The molecule has 1 fully saturated rings. The molecule has 0 radical (unpaired) electrons. The zero-order valence-corrected chi connectivity index (χ0v) is 10.9. The summed E-state index contributed by atoms with van der Waals surface area (Å²) in [6, 6.07) is 2.19. The number of rotatable bonds is 5. The standard InChI is InChI=1S/C13H21N3O/c1-9(2)16-12(8-10(3)15-16)14-13(17)7-6-11-4-5-11/h8-9,11H,4-7H2,1-3H3,(H,14,17). The molecule has 0 aliphatic heterocycles. The molecule has 0 saturated heterocycles. The van der Waals surface area contributed by atoms with Gasteiger partial charge >= 0.3 is 0 Å². The average Bonchev–Trinajstić information content (AvgIpc) is 3.00. The van der Waals surface area contributed by atoms with Crippen molar-refractivity contribution >= 4 is 11.7 Å². The molecule has 1 aromatic rings. The first-order valence-electron chi connectivity index (χ1n) is 6.42. The first kappa shape index (κ1) is 12.1. The molecule has 1 aromatic heterocycles. The third-order valence-corrected chi connectivity index (χ3v) is 3.09. The molecule has 0 bridgehead atoms. The predicted molar refractivity (Wildman–Crippen MR) is 67.9 cm³/mol. The Kier molecular flexibility index (Phi) is 3.50. The van der Waals surface area contributed by atoms with Crippen molar-refractivity contribution in [3.05, 3.63) is 11.8 Å². The molecular formula is C13H21N3O. The van der Waals surface area contributed by atoms with Gasteiger partial charge in [0, 0.05) is 18.5 Å². The second kappa shape index (κ2) is 4.90. The van der Waals surface area contributed by atoms with E-state index < -0.39 is 0 Å². The lowest BCUT2D eigenvalue weighted by Gasteiger charge is -2.11. The fraction of sp³-hybridized carbons (Fsp3) is 0.692. The molecule has 1 N–H and O–H groups in total. The monoisotopic (exact) mass is 235 g/mol. The van der Waals surface area contributed by atoms with Crippen LogP contribution in [0.1, 0.15) is 51.3 Å². The van der Waals surface area contributed by atoms with Crippen LogP contribution in [0, 0.1) is 12.8 Å². The van der Waals surface area contributed by atoms with Crippen molar-refractivity contribution < 1.29 is 4.79 Å². The van der Waals surface area contributed by atoms with Gasteiger partial charge in [0.2, 0.25) is 5.91 Å². The fourth-order valence-corrected chi connectivity index (χ4v) is 1.95. The Bertz CT molecular complexity index is 405. The highest BCUT2D eigenvalue weighted by molar-refractivity contribution is 5.89. The van der Waals surface area contributed by atoms with Gasteiger partial charge in [-0.1, -0.05) is 12.8 Å². The molecule has 1 amide bonds. The SMILES string of the molecule is Cc1cc(NC(=O)CCC2CC2)n(C(C)C)n1. The van der Waals surface area contributed by atoms with Gasteiger partial charge in [-0.05, 0) is 33.1 Å². The molecule has 0 unspecified atom stereocenters. The van der Waals surface area contributed by atoms with Crippen molar-refractivity contribution in [3.63, 3.8) is 0 Å². The summed E-state index contributed by atoms with van der Waals surface area (Å²) in [6.45, 7) is 6.07. The summed E-state index contributed by atoms with van der Waals surface area (Å²) in [5, 5.41) is 7.33. The number of anilines is 1. The summed E-state index contributed by atoms with van der Waals surface area (Å²) in [4.78, 5) is 11.8. The van der Waals surface area contributed by atoms with Gasteiger partial charge in [-0.25, -0.2) is 4.68 Å². The summed E-state index contributed by atoms with van der Waals surface area (Å²) in [5.74, 6) is 1.73. The molecule has 0 aromatic carbocycles. The summed E-state index contributed by atoms with van der Waals surface area (Å²) < 4.78 is 1.87. The Hall–Kier alpha value is -1.32. The maximum Gasteiger partial charge on any atom is 0.225 e. The Morgan fingerprint density at radius 3 is 2.88 bits per heavy atom. The normalized spacial score (nSPS) is 15.3. The minimum atomic E-state index is 0.110. The zero-order chi connectivity index (χ0) is 12.4. The van der Waals surface area contributed by atoms with Crippen molar-refractivity contribution in [1.29, 1.82) is 0 Å². The van der Waals surface area contributed by atoms with E-state index >= 15 is 0 Å². The van der Waals surface area contributed by atoms with Crippen LogP contribution in [0.25, 0.3) is 0 Å². The number of nitrogens with one attached hydrogen (secondary N) is 1. The van der Waals surface area contributed by atoms with Crippen molar-refractivity contribution in [2.45, 2.75) is 52.5 Å². The number of nitrogens with zero attached hydrogens (tertiary/aromatic N) is 2. The van der Waals surface area contributed by atoms with Gasteiger partial charge in [-0.15, -0.1) is 0 Å². The molecule has 4 heteroatoms. The third-order valence-electron chi connectivity index (χ3n) is 3.09. The minimum Gasteiger partial charge on any atom is -0.311 e. The lowest BCUT2D eigenvalue weighted by molar-refractivity contribution is -0.116. The Labute approximate surface area is 102 Å². The largest absolute Gasteiger partial charge is 0.311 e. The number of carbonyl (C=O) groups excluding carboxylic acids is 1. The number of aromatic nitrogens is 2. The summed E-state index contributed by atoms with van der Waals surface area (Å²) in [6.07, 6.45) is 4.26. The molecular weight excluding hydrogens is 214 g/mol. The highest BCUT2D eigenvalue weighted by atomic mass is 16.1. The van der Waals surface area contributed by atoms with E-state index in [1.807, 2.05) is 17.7 Å². The number of amides is 1. The summed E-state index contributed by atoms with van der Waals surface area (Å²) in [5.41, 5.74) is 0.941. The summed E-state index contributed by atoms with van der Waals surface area (Å²) in [7, 11) is 0. The highest BCUT2D eigenvalue weighted by Gasteiger charge is 2.22. The van der Waals surface area contributed by atoms with Crippen LogP contribution < -0.4 is 5.32 Å². The van der Waals surface area contributed by atoms with Gasteiger partial charge in [0.25, 0.3) is 0 Å². The van der Waals surface area contributed by atoms with Gasteiger partial charge in [0.05, 0.1) is 5.69 Å². The second-order valence-electron chi connectivity index (χ2n) is 5.24. The number of aryl methyl sites for hydroxylation is 1. The molecule has 0 atom stereocenters. The van der Waals surface area contributed by atoms with E-state index in [1.54, 1.807) is 0 Å². The maximum atomic E-state index is 11.8. The van der Waals surface area contributed by atoms with Crippen LogP contribution in [0.2, 0.25) is 0 Å². The van der Waals surface area contributed by atoms with E-state index in [0.29, 0.717) is 6.42 Å². The quantitative estimate of drug-likeness (QED) is 0.853. The van der Waals surface area contributed by atoms with Crippen LogP contribution in [0.4, 0.5) is 5.82 Å². The van der Waals surface area contributed by atoms with E-state index in [0.717, 1.165) is 23.9 Å². The summed E-state index contributed by atoms with van der Waals surface area (Å²) >= 11 is 0. The van der Waals surface area contributed by atoms with Gasteiger partial charge in [0.1, 0.15) is 5.82 Å². The topological polar surface area (TPSA) is 46.9 Å². The van der Waals surface area contributed by atoms with Crippen molar-refractivity contribution in [2.75, 3.05) is 5.32 Å². The Morgan fingerprint density at radius 2 is 2.29 bits per heavy atom. The van der Waals surface area contributed by atoms with E-state index in [1.165, 1.54) is 12.8 Å². The maximum absolute atomic E-state index is 11.8. The van der Waals surface area contributed by atoms with Crippen molar-refractivity contribution in [2.24, 2.45) is 5.92 Å². The fourth-order valence-electron chi connectivity index (χ4n) is 1.95. The van der Waals surface area contributed by atoms with Crippen molar-refractivity contribution in [3.8, 4) is 0 Å². The van der Waals surface area contributed by atoms with E-state index in [9.17, 15) is 4.79 Å². The van der Waals surface area contributed by atoms with Crippen LogP contribution >= 0.6 is 0 Å². The van der Waals surface area contributed by atoms with Gasteiger partial charge < -0.3 is 5.32 Å².